The van der Waals surface area contributed by atoms with E-state index < -0.39 is 0 Å². The summed E-state index contributed by atoms with van der Waals surface area (Å²) < 4.78 is 0. The van der Waals surface area contributed by atoms with Gasteiger partial charge in [-0.3, -0.25) is 0 Å². The highest BCUT2D eigenvalue weighted by Gasteiger charge is 2.21. The molecular weight excluding hydrogens is 164 g/mol. The monoisotopic (exact) mass is 186 g/mol. The predicted octanol–water partition coefficient (Wildman–Crippen LogP) is 0.617. The van der Waals surface area contributed by atoms with Gasteiger partial charge in [-0.15, -0.1) is 0 Å². The molecule has 1 aliphatic rings. The SMILES string of the molecule is CC(C)(N)CNC1CCCC(O)C1. The fraction of sp³-hybridized carbons (Fsp3) is 1.00. The van der Waals surface area contributed by atoms with E-state index in [0.717, 1.165) is 25.8 Å². The number of nitrogens with two attached hydrogens (primary N) is 1. The lowest BCUT2D eigenvalue weighted by Crippen LogP contribution is -2.48. The quantitative estimate of drug-likeness (QED) is 0.605. The van der Waals surface area contributed by atoms with Crippen molar-refractivity contribution in [2.75, 3.05) is 6.54 Å². The number of hydrogen-bond acceptors (Lipinski definition) is 3. The van der Waals surface area contributed by atoms with Gasteiger partial charge in [-0.2, -0.15) is 0 Å². The Balaban J connectivity index is 2.21. The zero-order valence-corrected chi connectivity index (χ0v) is 8.71. The highest BCUT2D eigenvalue weighted by atomic mass is 16.3. The number of hydrogen-bond donors (Lipinski definition) is 3. The molecule has 1 aliphatic carbocycles. The molecule has 3 nitrogen and oxygen atoms in total. The fourth-order valence-electron chi connectivity index (χ4n) is 1.76. The minimum absolute atomic E-state index is 0.105. The van der Waals surface area contributed by atoms with Crippen LogP contribution in [0.2, 0.25) is 0 Å². The zero-order chi connectivity index (χ0) is 9.90. The summed E-state index contributed by atoms with van der Waals surface area (Å²) >= 11 is 0. The van der Waals surface area contributed by atoms with Gasteiger partial charge in [0, 0.05) is 18.1 Å². The first-order chi connectivity index (χ1) is 5.97. The third kappa shape index (κ3) is 4.60. The smallest absolute Gasteiger partial charge is 0.0555 e. The van der Waals surface area contributed by atoms with Crippen molar-refractivity contribution in [2.24, 2.45) is 5.73 Å². The predicted molar refractivity (Wildman–Crippen MR) is 54.5 cm³/mol. The van der Waals surface area contributed by atoms with Crippen LogP contribution in [0.4, 0.5) is 0 Å². The molecule has 0 radical (unpaired) electrons. The first-order valence-corrected chi connectivity index (χ1v) is 5.18. The summed E-state index contributed by atoms with van der Waals surface area (Å²) in [5.74, 6) is 0. The number of aliphatic hydroxyl groups is 1. The van der Waals surface area contributed by atoms with E-state index in [0.29, 0.717) is 6.04 Å². The molecular formula is C10H22N2O. The number of nitrogens with one attached hydrogen (secondary N) is 1. The summed E-state index contributed by atoms with van der Waals surface area (Å²) in [6, 6.07) is 0.464. The van der Waals surface area contributed by atoms with E-state index in [1.54, 1.807) is 0 Å². The minimum Gasteiger partial charge on any atom is -0.393 e. The first kappa shape index (κ1) is 11.0. The Labute approximate surface area is 80.7 Å². The van der Waals surface area contributed by atoms with Crippen LogP contribution in [0.25, 0.3) is 0 Å². The van der Waals surface area contributed by atoms with Gasteiger partial charge in [0.25, 0.3) is 0 Å². The minimum atomic E-state index is -0.150. The summed E-state index contributed by atoms with van der Waals surface area (Å²) in [6.45, 7) is 4.85. The molecule has 0 aliphatic heterocycles. The molecule has 2 unspecified atom stereocenters. The maximum absolute atomic E-state index is 9.44. The molecule has 0 bridgehead atoms. The van der Waals surface area contributed by atoms with Gasteiger partial charge >= 0.3 is 0 Å². The molecule has 1 rings (SSSR count). The maximum Gasteiger partial charge on any atom is 0.0555 e. The Morgan fingerprint density at radius 1 is 1.46 bits per heavy atom. The van der Waals surface area contributed by atoms with E-state index in [9.17, 15) is 5.11 Å². The van der Waals surface area contributed by atoms with E-state index >= 15 is 0 Å². The van der Waals surface area contributed by atoms with Crippen LogP contribution in [0.5, 0.6) is 0 Å². The highest BCUT2D eigenvalue weighted by molar-refractivity contribution is 4.82. The van der Waals surface area contributed by atoms with Crippen LogP contribution in [0.3, 0.4) is 0 Å². The van der Waals surface area contributed by atoms with E-state index in [1.807, 2.05) is 13.8 Å². The number of aliphatic hydroxyl groups excluding tert-OH is 1. The normalized spacial score (nSPS) is 30.5. The summed E-state index contributed by atoms with van der Waals surface area (Å²) in [5, 5.41) is 12.8. The van der Waals surface area contributed by atoms with Crippen LogP contribution in [0.15, 0.2) is 0 Å². The molecule has 0 aromatic carbocycles. The summed E-state index contributed by atoms with van der Waals surface area (Å²) in [6.07, 6.45) is 4.05. The lowest BCUT2D eigenvalue weighted by molar-refractivity contribution is 0.110. The first-order valence-electron chi connectivity index (χ1n) is 5.18. The molecule has 0 spiro atoms. The van der Waals surface area contributed by atoms with Gasteiger partial charge in [0.1, 0.15) is 0 Å². The van der Waals surface area contributed by atoms with Crippen molar-refractivity contribution in [3.8, 4) is 0 Å². The Morgan fingerprint density at radius 2 is 2.15 bits per heavy atom. The molecule has 0 amide bonds. The third-order valence-electron chi connectivity index (χ3n) is 2.49. The van der Waals surface area contributed by atoms with Gasteiger partial charge < -0.3 is 16.2 Å². The van der Waals surface area contributed by atoms with Crippen molar-refractivity contribution in [1.82, 2.24) is 5.32 Å². The van der Waals surface area contributed by atoms with Crippen molar-refractivity contribution in [2.45, 2.75) is 57.2 Å². The van der Waals surface area contributed by atoms with Crippen LogP contribution in [-0.2, 0) is 0 Å². The lowest BCUT2D eigenvalue weighted by atomic mass is 9.92. The van der Waals surface area contributed by atoms with E-state index in [1.165, 1.54) is 6.42 Å². The largest absolute Gasteiger partial charge is 0.393 e. The van der Waals surface area contributed by atoms with E-state index in [4.69, 9.17) is 5.73 Å². The second-order valence-corrected chi connectivity index (χ2v) is 4.89. The van der Waals surface area contributed by atoms with Crippen molar-refractivity contribution in [3.63, 3.8) is 0 Å². The molecule has 1 fully saturated rings. The Kier molecular flexibility index (Phi) is 3.71. The van der Waals surface area contributed by atoms with Crippen molar-refractivity contribution < 1.29 is 5.11 Å². The molecule has 1 saturated carbocycles. The van der Waals surface area contributed by atoms with Crippen molar-refractivity contribution in [1.29, 1.82) is 0 Å². The molecule has 4 N–H and O–H groups in total. The fourth-order valence-corrected chi connectivity index (χ4v) is 1.76. The second kappa shape index (κ2) is 4.40. The molecule has 13 heavy (non-hydrogen) atoms. The summed E-state index contributed by atoms with van der Waals surface area (Å²) in [4.78, 5) is 0. The maximum atomic E-state index is 9.44. The van der Waals surface area contributed by atoms with Gasteiger partial charge in [-0.25, -0.2) is 0 Å². The van der Waals surface area contributed by atoms with Crippen molar-refractivity contribution in [3.05, 3.63) is 0 Å². The summed E-state index contributed by atoms with van der Waals surface area (Å²) in [7, 11) is 0. The lowest BCUT2D eigenvalue weighted by Gasteiger charge is -2.29. The summed E-state index contributed by atoms with van der Waals surface area (Å²) in [5.41, 5.74) is 5.71. The topological polar surface area (TPSA) is 58.3 Å². The van der Waals surface area contributed by atoms with Crippen LogP contribution >= 0.6 is 0 Å². The molecule has 0 aromatic heterocycles. The molecule has 3 heteroatoms. The standard InChI is InChI=1S/C10H22N2O/c1-10(2,11)7-12-8-4-3-5-9(13)6-8/h8-9,12-13H,3-7,11H2,1-2H3. The Hall–Kier alpha value is -0.120. The molecule has 2 atom stereocenters. The van der Waals surface area contributed by atoms with Crippen LogP contribution in [0, 0.1) is 0 Å². The second-order valence-electron chi connectivity index (χ2n) is 4.89. The Morgan fingerprint density at radius 3 is 2.69 bits per heavy atom. The highest BCUT2D eigenvalue weighted by Crippen LogP contribution is 2.18. The van der Waals surface area contributed by atoms with Gasteiger partial charge in [0.2, 0.25) is 0 Å². The molecule has 78 valence electrons. The molecule has 0 aromatic rings. The van der Waals surface area contributed by atoms with Crippen LogP contribution in [0.1, 0.15) is 39.5 Å². The van der Waals surface area contributed by atoms with Crippen molar-refractivity contribution >= 4 is 0 Å². The third-order valence-corrected chi connectivity index (χ3v) is 2.49. The molecule has 0 heterocycles. The molecule has 0 saturated heterocycles. The van der Waals surface area contributed by atoms with Crippen LogP contribution in [-0.4, -0.2) is 29.3 Å². The number of rotatable bonds is 3. The Bertz CT molecular complexity index is 153. The van der Waals surface area contributed by atoms with E-state index in [-0.39, 0.29) is 11.6 Å². The average molecular weight is 186 g/mol. The van der Waals surface area contributed by atoms with Crippen LogP contribution < -0.4 is 11.1 Å². The average Bonchev–Trinajstić information content (AvgIpc) is 2.00. The van der Waals surface area contributed by atoms with Gasteiger partial charge in [-0.05, 0) is 39.5 Å². The zero-order valence-electron chi connectivity index (χ0n) is 8.71. The van der Waals surface area contributed by atoms with E-state index in [2.05, 4.69) is 5.32 Å². The van der Waals surface area contributed by atoms with Gasteiger partial charge in [-0.1, -0.05) is 0 Å². The van der Waals surface area contributed by atoms with Gasteiger partial charge in [0.05, 0.1) is 6.10 Å². The van der Waals surface area contributed by atoms with Gasteiger partial charge in [0.15, 0.2) is 0 Å².